The lowest BCUT2D eigenvalue weighted by Crippen LogP contribution is -2.56. The van der Waals surface area contributed by atoms with Gasteiger partial charge >= 0.3 is 13.1 Å². The van der Waals surface area contributed by atoms with E-state index in [1.54, 1.807) is 13.0 Å². The molecule has 1 aromatic rings. The lowest BCUT2D eigenvalue weighted by molar-refractivity contribution is -0.126. The first-order valence-corrected chi connectivity index (χ1v) is 9.95. The average Bonchev–Trinajstić information content (AvgIpc) is 3.44. The zero-order valence-electron chi connectivity index (χ0n) is 16.7. The number of hydrogen-bond donors (Lipinski definition) is 6. The van der Waals surface area contributed by atoms with E-state index in [2.05, 4.69) is 5.32 Å². The molecular weight excluding hydrogens is 395 g/mol. The number of likely N-dealkylation sites (tertiary alicyclic amines) is 1. The molecular formula is C19H27BN2O8. The van der Waals surface area contributed by atoms with E-state index in [9.17, 15) is 29.9 Å². The Bertz CT molecular complexity index is 799. The van der Waals surface area contributed by atoms with Crippen molar-refractivity contribution in [2.75, 3.05) is 32.8 Å². The number of nitrogens with zero attached hydrogens (tertiary/aromatic N) is 1. The van der Waals surface area contributed by atoms with Crippen molar-refractivity contribution < 1.29 is 39.7 Å². The van der Waals surface area contributed by atoms with Crippen LogP contribution < -0.4 is 10.1 Å². The van der Waals surface area contributed by atoms with Crippen molar-refractivity contribution in [2.24, 2.45) is 5.92 Å². The second kappa shape index (κ2) is 9.21. The predicted molar refractivity (Wildman–Crippen MR) is 106 cm³/mol. The molecule has 0 spiro atoms. The van der Waals surface area contributed by atoms with Crippen LogP contribution >= 0.6 is 0 Å². The van der Waals surface area contributed by atoms with Gasteiger partial charge < -0.3 is 35.4 Å². The SMILES string of the molecule is C[C@@H](CN1CC(Oc2ccc([C@H]3C[C@H]3B(O)O)c(O)c2C(=O)O)C1)C(=O)NCCO. The number of phenols is 1. The monoisotopic (exact) mass is 422 g/mol. The maximum Gasteiger partial charge on any atom is 0.455 e. The molecule has 2 aliphatic rings. The zero-order valence-corrected chi connectivity index (χ0v) is 16.7. The molecule has 1 heterocycles. The first-order chi connectivity index (χ1) is 14.2. The van der Waals surface area contributed by atoms with Gasteiger partial charge in [-0.2, -0.15) is 0 Å². The summed E-state index contributed by atoms with van der Waals surface area (Å²) in [5, 5.41) is 49.9. The highest BCUT2D eigenvalue weighted by Gasteiger charge is 2.48. The molecule has 3 atom stereocenters. The number of carbonyl (C=O) groups excluding carboxylic acids is 1. The van der Waals surface area contributed by atoms with Crippen LogP contribution in [-0.2, 0) is 4.79 Å². The number of benzene rings is 1. The minimum atomic E-state index is -1.51. The minimum Gasteiger partial charge on any atom is -0.507 e. The Balaban J connectivity index is 1.58. The molecule has 10 nitrogen and oxygen atoms in total. The van der Waals surface area contributed by atoms with Crippen molar-refractivity contribution in [3.8, 4) is 11.5 Å². The van der Waals surface area contributed by atoms with E-state index in [1.165, 1.54) is 6.07 Å². The number of hydrogen-bond acceptors (Lipinski definition) is 8. The van der Waals surface area contributed by atoms with Crippen LogP contribution in [0.3, 0.4) is 0 Å². The van der Waals surface area contributed by atoms with E-state index in [0.29, 0.717) is 31.6 Å². The Morgan fingerprint density at radius 2 is 2.03 bits per heavy atom. The fraction of sp³-hybridized carbons (Fsp3) is 0.579. The number of nitrogens with one attached hydrogen (secondary N) is 1. The van der Waals surface area contributed by atoms with E-state index in [0.717, 1.165) is 0 Å². The van der Waals surface area contributed by atoms with Gasteiger partial charge in [0.2, 0.25) is 5.91 Å². The van der Waals surface area contributed by atoms with E-state index in [1.807, 2.05) is 4.90 Å². The number of carboxylic acid groups (broad SMARTS) is 1. The molecule has 1 amide bonds. The van der Waals surface area contributed by atoms with Crippen molar-refractivity contribution in [1.82, 2.24) is 10.2 Å². The van der Waals surface area contributed by atoms with Crippen molar-refractivity contribution in [2.45, 2.75) is 31.2 Å². The van der Waals surface area contributed by atoms with E-state index < -0.39 is 24.7 Å². The fourth-order valence-electron chi connectivity index (χ4n) is 3.84. The smallest absolute Gasteiger partial charge is 0.455 e. The third-order valence-electron chi connectivity index (χ3n) is 5.61. The maximum atomic E-state index is 11.9. The van der Waals surface area contributed by atoms with Crippen LogP contribution in [0.25, 0.3) is 0 Å². The first kappa shape index (κ1) is 22.4. The second-order valence-electron chi connectivity index (χ2n) is 7.98. The van der Waals surface area contributed by atoms with Crippen LogP contribution in [0, 0.1) is 5.92 Å². The summed E-state index contributed by atoms with van der Waals surface area (Å²) >= 11 is 0. The Kier molecular flexibility index (Phi) is 6.86. The molecule has 0 aromatic heterocycles. The number of aromatic hydroxyl groups is 1. The average molecular weight is 422 g/mol. The molecule has 1 aliphatic carbocycles. The van der Waals surface area contributed by atoms with Gasteiger partial charge in [0.25, 0.3) is 0 Å². The number of aliphatic hydroxyl groups excluding tert-OH is 1. The summed E-state index contributed by atoms with van der Waals surface area (Å²) in [5.41, 5.74) is 0.0385. The largest absolute Gasteiger partial charge is 0.507 e. The first-order valence-electron chi connectivity index (χ1n) is 9.95. The number of ether oxygens (including phenoxy) is 1. The summed E-state index contributed by atoms with van der Waals surface area (Å²) in [7, 11) is -1.51. The number of carboxylic acids is 1. The predicted octanol–water partition coefficient (Wildman–Crippen LogP) is -0.772. The van der Waals surface area contributed by atoms with Crippen LogP contribution in [-0.4, -0.2) is 88.2 Å². The van der Waals surface area contributed by atoms with Gasteiger partial charge in [-0.1, -0.05) is 13.0 Å². The van der Waals surface area contributed by atoms with E-state index in [4.69, 9.17) is 9.84 Å². The molecule has 0 bridgehead atoms. The van der Waals surface area contributed by atoms with Crippen LogP contribution in [0.15, 0.2) is 12.1 Å². The van der Waals surface area contributed by atoms with E-state index in [-0.39, 0.29) is 48.3 Å². The summed E-state index contributed by atoms with van der Waals surface area (Å²) in [6.07, 6.45) is 0.195. The maximum absolute atomic E-state index is 11.9. The molecule has 1 saturated heterocycles. The Morgan fingerprint density at radius 1 is 1.33 bits per heavy atom. The second-order valence-corrected chi connectivity index (χ2v) is 7.98. The molecule has 1 aliphatic heterocycles. The summed E-state index contributed by atoms with van der Waals surface area (Å²) in [5.74, 6) is -2.79. The molecule has 0 unspecified atom stereocenters. The number of aliphatic hydroxyl groups is 1. The molecule has 6 N–H and O–H groups in total. The highest BCUT2D eigenvalue weighted by molar-refractivity contribution is 6.44. The molecule has 11 heteroatoms. The third-order valence-corrected chi connectivity index (χ3v) is 5.61. The summed E-state index contributed by atoms with van der Waals surface area (Å²) in [6.45, 7) is 3.43. The van der Waals surface area contributed by atoms with Gasteiger partial charge in [-0.05, 0) is 24.0 Å². The van der Waals surface area contributed by atoms with Crippen LogP contribution in [0.1, 0.15) is 35.2 Å². The molecule has 164 valence electrons. The van der Waals surface area contributed by atoms with Gasteiger partial charge in [0.15, 0.2) is 0 Å². The van der Waals surface area contributed by atoms with Gasteiger partial charge in [0.1, 0.15) is 23.2 Å². The van der Waals surface area contributed by atoms with Gasteiger partial charge in [-0.25, -0.2) is 4.79 Å². The van der Waals surface area contributed by atoms with Crippen LogP contribution in [0.5, 0.6) is 11.5 Å². The Hall–Kier alpha value is -2.34. The van der Waals surface area contributed by atoms with Gasteiger partial charge in [0.05, 0.1) is 6.61 Å². The fourth-order valence-corrected chi connectivity index (χ4v) is 3.84. The molecule has 1 saturated carbocycles. The summed E-state index contributed by atoms with van der Waals surface area (Å²) < 4.78 is 5.78. The third kappa shape index (κ3) is 4.86. The number of carbonyl (C=O) groups is 2. The summed E-state index contributed by atoms with van der Waals surface area (Å²) in [4.78, 5) is 25.6. The number of amides is 1. The van der Waals surface area contributed by atoms with Gasteiger partial charge in [0, 0.05) is 37.9 Å². The quantitative estimate of drug-likeness (QED) is 0.266. The summed E-state index contributed by atoms with van der Waals surface area (Å²) in [6, 6.07) is 3.05. The van der Waals surface area contributed by atoms with Crippen molar-refractivity contribution in [3.63, 3.8) is 0 Å². The molecule has 2 fully saturated rings. The van der Waals surface area contributed by atoms with E-state index >= 15 is 0 Å². The Morgan fingerprint density at radius 3 is 2.60 bits per heavy atom. The Labute approximate surface area is 174 Å². The highest BCUT2D eigenvalue weighted by atomic mass is 16.5. The van der Waals surface area contributed by atoms with Crippen LogP contribution in [0.2, 0.25) is 5.82 Å². The number of aromatic carboxylic acids is 1. The molecule has 0 radical (unpaired) electrons. The van der Waals surface area contributed by atoms with Crippen molar-refractivity contribution in [3.05, 3.63) is 23.3 Å². The zero-order chi connectivity index (χ0) is 22.0. The lowest BCUT2D eigenvalue weighted by atomic mass is 9.81. The molecule has 1 aromatic carbocycles. The molecule has 3 rings (SSSR count). The van der Waals surface area contributed by atoms with Crippen LogP contribution in [0.4, 0.5) is 0 Å². The number of rotatable bonds is 10. The molecule has 30 heavy (non-hydrogen) atoms. The standard InChI is InChI=1S/C19H27BN2O8/c1-10(18(25)21-4-5-23)7-22-8-11(9-22)30-15-3-2-12(13-6-14(13)20(28)29)17(24)16(15)19(26)27/h2-3,10-11,13-14,23-24,28-29H,4-9H2,1H3,(H,21,25)(H,26,27)/t10-,13+,14+/m0/s1. The van der Waals surface area contributed by atoms with Gasteiger partial charge in [-0.15, -0.1) is 0 Å². The van der Waals surface area contributed by atoms with Crippen molar-refractivity contribution >= 4 is 19.0 Å². The topological polar surface area (TPSA) is 160 Å². The normalized spacial score (nSPS) is 22.1. The lowest BCUT2D eigenvalue weighted by Gasteiger charge is -2.40. The van der Waals surface area contributed by atoms with Gasteiger partial charge in [-0.3, -0.25) is 9.69 Å². The van der Waals surface area contributed by atoms with Crippen molar-refractivity contribution in [1.29, 1.82) is 0 Å². The minimum absolute atomic E-state index is 0.0592. The highest BCUT2D eigenvalue weighted by Crippen LogP contribution is 2.56.